The van der Waals surface area contributed by atoms with Crippen molar-refractivity contribution in [1.82, 2.24) is 9.80 Å². The van der Waals surface area contributed by atoms with Gasteiger partial charge in [-0.3, -0.25) is 9.59 Å². The molecule has 7 heteroatoms. The van der Waals surface area contributed by atoms with E-state index in [1.807, 2.05) is 0 Å². The first kappa shape index (κ1) is 20.1. The Balaban J connectivity index is 1.76. The number of benzene rings is 2. The summed E-state index contributed by atoms with van der Waals surface area (Å²) in [7, 11) is 3.18. The number of carbonyl (C=O) groups is 2. The van der Waals surface area contributed by atoms with Gasteiger partial charge in [-0.2, -0.15) is 0 Å². The Morgan fingerprint density at radius 1 is 1.25 bits per heavy atom. The summed E-state index contributed by atoms with van der Waals surface area (Å²) in [6.07, 6.45) is 1.34. The zero-order valence-corrected chi connectivity index (χ0v) is 16.6. The Morgan fingerprint density at radius 3 is 2.64 bits per heavy atom. The van der Waals surface area contributed by atoms with E-state index in [1.54, 1.807) is 47.2 Å². The average Bonchev–Trinajstić information content (AvgIpc) is 3.18. The summed E-state index contributed by atoms with van der Waals surface area (Å²) in [5.41, 5.74) is 1.17. The molecule has 0 aromatic heterocycles. The highest BCUT2D eigenvalue weighted by Gasteiger charge is 2.37. The highest BCUT2D eigenvalue weighted by molar-refractivity contribution is 6.31. The molecule has 3 rings (SSSR count). The number of ether oxygens (including phenoxy) is 1. The number of nitrogens with zero attached hydrogens (tertiary/aromatic N) is 2. The predicted molar refractivity (Wildman–Crippen MR) is 105 cm³/mol. The molecule has 0 aliphatic carbocycles. The quantitative estimate of drug-likeness (QED) is 0.762. The van der Waals surface area contributed by atoms with Gasteiger partial charge in [0.2, 0.25) is 5.91 Å². The number of amides is 2. The average molecular weight is 405 g/mol. The van der Waals surface area contributed by atoms with Crippen molar-refractivity contribution in [3.63, 3.8) is 0 Å². The Labute approximate surface area is 168 Å². The van der Waals surface area contributed by atoms with Crippen LogP contribution >= 0.6 is 11.6 Å². The minimum atomic E-state index is -0.540. The van der Waals surface area contributed by atoms with Crippen LogP contribution in [-0.4, -0.2) is 48.4 Å². The van der Waals surface area contributed by atoms with E-state index in [2.05, 4.69) is 0 Å². The van der Waals surface area contributed by atoms with E-state index < -0.39 is 6.04 Å². The molecule has 1 aliphatic rings. The maximum Gasteiger partial charge on any atom is 0.258 e. The standard InChI is InChI=1S/C21H22ClFN2O3/c1-24(13-14-5-8-16(23)9-6-14)21(27)18-4-3-11-25(18)20(26)17-12-15(22)7-10-19(17)28-2/h5-10,12,18H,3-4,11,13H2,1-2H3/t18-/m1/s1. The second kappa shape index (κ2) is 8.61. The van der Waals surface area contributed by atoms with Crippen LogP contribution in [-0.2, 0) is 11.3 Å². The van der Waals surface area contributed by atoms with E-state index in [9.17, 15) is 14.0 Å². The fraction of sp³-hybridized carbons (Fsp3) is 0.333. The van der Waals surface area contributed by atoms with Crippen LogP contribution in [0.4, 0.5) is 4.39 Å². The number of hydrogen-bond donors (Lipinski definition) is 0. The first-order valence-corrected chi connectivity index (χ1v) is 9.42. The van der Waals surface area contributed by atoms with Gasteiger partial charge in [0.1, 0.15) is 17.6 Å². The molecule has 0 N–H and O–H groups in total. The molecule has 28 heavy (non-hydrogen) atoms. The van der Waals surface area contributed by atoms with E-state index in [0.29, 0.717) is 35.8 Å². The van der Waals surface area contributed by atoms with Crippen molar-refractivity contribution in [2.45, 2.75) is 25.4 Å². The summed E-state index contributed by atoms with van der Waals surface area (Å²) in [6, 6.07) is 10.3. The third kappa shape index (κ3) is 4.28. The highest BCUT2D eigenvalue weighted by Crippen LogP contribution is 2.28. The minimum absolute atomic E-state index is 0.142. The Kier molecular flexibility index (Phi) is 6.19. The molecule has 1 saturated heterocycles. The molecule has 0 radical (unpaired) electrons. The molecular formula is C21H22ClFN2O3. The lowest BCUT2D eigenvalue weighted by atomic mass is 10.1. The molecule has 0 bridgehead atoms. The fourth-order valence-electron chi connectivity index (χ4n) is 3.46. The van der Waals surface area contributed by atoms with Crippen LogP contribution in [0.1, 0.15) is 28.8 Å². The lowest BCUT2D eigenvalue weighted by Gasteiger charge is -2.28. The van der Waals surface area contributed by atoms with Gasteiger partial charge < -0.3 is 14.5 Å². The largest absolute Gasteiger partial charge is 0.496 e. The third-order valence-corrected chi connectivity index (χ3v) is 5.13. The zero-order valence-electron chi connectivity index (χ0n) is 15.8. The lowest BCUT2D eigenvalue weighted by Crippen LogP contribution is -2.46. The molecule has 1 heterocycles. The Morgan fingerprint density at radius 2 is 1.96 bits per heavy atom. The summed E-state index contributed by atoms with van der Waals surface area (Å²) in [5, 5.41) is 0.430. The van der Waals surface area contributed by atoms with Crippen molar-refractivity contribution in [3.8, 4) is 5.75 Å². The molecule has 0 spiro atoms. The monoisotopic (exact) mass is 404 g/mol. The van der Waals surface area contributed by atoms with E-state index in [0.717, 1.165) is 12.0 Å². The Hall–Kier alpha value is -2.60. The smallest absolute Gasteiger partial charge is 0.258 e. The number of hydrogen-bond acceptors (Lipinski definition) is 3. The number of carbonyl (C=O) groups excluding carboxylic acids is 2. The van der Waals surface area contributed by atoms with Gasteiger partial charge in [-0.25, -0.2) is 4.39 Å². The molecule has 1 aliphatic heterocycles. The first-order valence-electron chi connectivity index (χ1n) is 9.04. The van der Waals surface area contributed by atoms with Crippen molar-refractivity contribution in [2.75, 3.05) is 20.7 Å². The van der Waals surface area contributed by atoms with Crippen molar-refractivity contribution in [2.24, 2.45) is 0 Å². The summed E-state index contributed by atoms with van der Waals surface area (Å²) < 4.78 is 18.4. The van der Waals surface area contributed by atoms with Crippen molar-refractivity contribution in [3.05, 3.63) is 64.4 Å². The topological polar surface area (TPSA) is 49.9 Å². The maximum absolute atomic E-state index is 13.1. The van der Waals surface area contributed by atoms with Crippen molar-refractivity contribution < 1.29 is 18.7 Å². The van der Waals surface area contributed by atoms with Crippen LogP contribution in [0.2, 0.25) is 5.02 Å². The second-order valence-electron chi connectivity index (χ2n) is 6.82. The molecule has 0 unspecified atom stereocenters. The van der Waals surface area contributed by atoms with Gasteiger partial charge in [0.25, 0.3) is 5.91 Å². The normalized spacial score (nSPS) is 16.1. The van der Waals surface area contributed by atoms with Crippen LogP contribution in [0.5, 0.6) is 5.75 Å². The predicted octanol–water partition coefficient (Wildman–Crippen LogP) is 3.75. The highest BCUT2D eigenvalue weighted by atomic mass is 35.5. The van der Waals surface area contributed by atoms with Gasteiger partial charge in [0.05, 0.1) is 12.7 Å². The molecule has 1 fully saturated rings. The van der Waals surface area contributed by atoms with Crippen LogP contribution in [0.3, 0.4) is 0 Å². The van der Waals surface area contributed by atoms with Gasteiger partial charge in [-0.05, 0) is 48.7 Å². The summed E-state index contributed by atoms with van der Waals surface area (Å²) in [5.74, 6) is -0.311. The molecule has 2 aromatic carbocycles. The molecule has 5 nitrogen and oxygen atoms in total. The van der Waals surface area contributed by atoms with Gasteiger partial charge in [0.15, 0.2) is 0 Å². The van der Waals surface area contributed by atoms with E-state index >= 15 is 0 Å². The number of halogens is 2. The van der Waals surface area contributed by atoms with Gasteiger partial charge >= 0.3 is 0 Å². The summed E-state index contributed by atoms with van der Waals surface area (Å²) >= 11 is 6.05. The van der Waals surface area contributed by atoms with Crippen molar-refractivity contribution in [1.29, 1.82) is 0 Å². The fourth-order valence-corrected chi connectivity index (χ4v) is 3.64. The third-order valence-electron chi connectivity index (χ3n) is 4.90. The molecule has 0 saturated carbocycles. The van der Waals surface area contributed by atoms with Gasteiger partial charge in [0, 0.05) is 25.2 Å². The number of likely N-dealkylation sites (N-methyl/N-ethyl adjacent to an activating group) is 1. The van der Waals surface area contributed by atoms with Crippen LogP contribution in [0.15, 0.2) is 42.5 Å². The molecular weight excluding hydrogens is 383 g/mol. The van der Waals surface area contributed by atoms with Crippen LogP contribution in [0, 0.1) is 5.82 Å². The van der Waals surface area contributed by atoms with E-state index in [1.165, 1.54) is 19.2 Å². The molecule has 1 atom stereocenters. The summed E-state index contributed by atoms with van der Waals surface area (Å²) in [6.45, 7) is 0.841. The SMILES string of the molecule is COc1ccc(Cl)cc1C(=O)N1CCC[C@@H]1C(=O)N(C)Cc1ccc(F)cc1. The van der Waals surface area contributed by atoms with Gasteiger partial charge in [-0.15, -0.1) is 0 Å². The molecule has 148 valence electrons. The van der Waals surface area contributed by atoms with E-state index in [-0.39, 0.29) is 17.6 Å². The van der Waals surface area contributed by atoms with Crippen LogP contribution in [0.25, 0.3) is 0 Å². The summed E-state index contributed by atoms with van der Waals surface area (Å²) in [4.78, 5) is 29.2. The maximum atomic E-state index is 13.1. The van der Waals surface area contributed by atoms with Crippen LogP contribution < -0.4 is 4.74 Å². The molecule has 2 aromatic rings. The van der Waals surface area contributed by atoms with E-state index in [4.69, 9.17) is 16.3 Å². The lowest BCUT2D eigenvalue weighted by molar-refractivity contribution is -0.134. The number of rotatable bonds is 5. The Bertz CT molecular complexity index is 872. The number of methoxy groups -OCH3 is 1. The minimum Gasteiger partial charge on any atom is -0.496 e. The first-order chi connectivity index (χ1) is 13.4. The van der Waals surface area contributed by atoms with Crippen molar-refractivity contribution >= 4 is 23.4 Å². The van der Waals surface area contributed by atoms with Gasteiger partial charge in [-0.1, -0.05) is 23.7 Å². The second-order valence-corrected chi connectivity index (χ2v) is 7.26. The number of likely N-dealkylation sites (tertiary alicyclic amines) is 1. The zero-order chi connectivity index (χ0) is 20.3. The molecule has 2 amide bonds.